The first-order chi connectivity index (χ1) is 13.6. The Morgan fingerprint density at radius 2 is 1.68 bits per heavy atom. The van der Waals surface area contributed by atoms with Crippen LogP contribution in [0.1, 0.15) is 97.8 Å². The minimum Gasteiger partial charge on any atom is -0.351 e. The summed E-state index contributed by atoms with van der Waals surface area (Å²) in [6.45, 7) is 9.87. The quantitative estimate of drug-likeness (QED) is 0.195. The number of carbonyl (C=O) groups excluding carboxylic acids is 1. The third-order valence-electron chi connectivity index (χ3n) is 6.15. The molecule has 0 aromatic carbocycles. The van der Waals surface area contributed by atoms with E-state index < -0.39 is 0 Å². The molecule has 4 heteroatoms. The van der Waals surface area contributed by atoms with Gasteiger partial charge in [-0.3, -0.25) is 9.28 Å². The molecule has 28 heavy (non-hydrogen) atoms. The highest BCUT2D eigenvalue weighted by molar-refractivity contribution is 5.72. The lowest BCUT2D eigenvalue weighted by Crippen LogP contribution is -2.55. The highest BCUT2D eigenvalue weighted by atomic mass is 16.1. The number of quaternary nitrogens is 1. The van der Waals surface area contributed by atoms with Crippen molar-refractivity contribution in [1.29, 1.82) is 0 Å². The maximum absolute atomic E-state index is 11.1. The highest BCUT2D eigenvalue weighted by Crippen LogP contribution is 2.22. The summed E-state index contributed by atoms with van der Waals surface area (Å²) in [5.41, 5.74) is 0. The Morgan fingerprint density at radius 1 is 1.04 bits per heavy atom. The van der Waals surface area contributed by atoms with Crippen molar-refractivity contribution in [2.45, 2.75) is 104 Å². The van der Waals surface area contributed by atoms with E-state index in [0.717, 1.165) is 37.1 Å². The summed E-state index contributed by atoms with van der Waals surface area (Å²) in [5, 5.41) is 2.94. The van der Waals surface area contributed by atoms with E-state index in [-0.39, 0.29) is 5.91 Å². The minimum absolute atomic E-state index is 0.0577. The van der Waals surface area contributed by atoms with Crippen LogP contribution in [-0.2, 0) is 4.79 Å². The number of unbranched alkanes of at least 4 members (excludes halogenated alkanes) is 10. The van der Waals surface area contributed by atoms with Crippen LogP contribution < -0.4 is 5.32 Å². The van der Waals surface area contributed by atoms with Gasteiger partial charge in [0, 0.05) is 13.3 Å². The van der Waals surface area contributed by atoms with E-state index in [2.05, 4.69) is 37.5 Å². The Balaban J connectivity index is 2.10. The van der Waals surface area contributed by atoms with Crippen LogP contribution in [0.4, 0.5) is 0 Å². The van der Waals surface area contributed by atoms with E-state index in [9.17, 15) is 4.79 Å². The number of likely N-dealkylation sites (N-methyl/N-ethyl adjacent to an activating group) is 1. The number of aliphatic imine (C=N–C) groups is 1. The van der Waals surface area contributed by atoms with Crippen molar-refractivity contribution in [3.05, 3.63) is 12.2 Å². The van der Waals surface area contributed by atoms with Gasteiger partial charge in [-0.15, -0.1) is 0 Å². The molecule has 0 radical (unpaired) electrons. The molecule has 162 valence electrons. The molecule has 1 N–H and O–H groups in total. The predicted molar refractivity (Wildman–Crippen MR) is 122 cm³/mol. The zero-order valence-corrected chi connectivity index (χ0v) is 18.9. The van der Waals surface area contributed by atoms with Gasteiger partial charge in [-0.1, -0.05) is 76.9 Å². The zero-order chi connectivity index (χ0) is 20.5. The van der Waals surface area contributed by atoms with Gasteiger partial charge in [-0.25, -0.2) is 4.99 Å². The topological polar surface area (TPSA) is 41.5 Å². The van der Waals surface area contributed by atoms with Gasteiger partial charge in [0.1, 0.15) is 6.54 Å². The lowest BCUT2D eigenvalue weighted by Gasteiger charge is -2.37. The van der Waals surface area contributed by atoms with Gasteiger partial charge in [0.25, 0.3) is 0 Å². The Kier molecular flexibility index (Phi) is 14.0. The van der Waals surface area contributed by atoms with E-state index in [4.69, 9.17) is 4.99 Å². The normalized spacial score (nSPS) is 21.6. The average Bonchev–Trinajstić information content (AvgIpc) is 3.08. The number of hydrogen-bond donors (Lipinski definition) is 1. The van der Waals surface area contributed by atoms with Crippen LogP contribution in [0.2, 0.25) is 0 Å². The summed E-state index contributed by atoms with van der Waals surface area (Å²) >= 11 is 0. The number of nitrogens with one attached hydrogen (secondary N) is 1. The molecule has 0 saturated heterocycles. The molecule has 0 bridgehead atoms. The second kappa shape index (κ2) is 15.7. The highest BCUT2D eigenvalue weighted by Gasteiger charge is 2.36. The second-order valence-corrected chi connectivity index (χ2v) is 8.41. The maximum atomic E-state index is 11.1. The average molecular weight is 393 g/mol. The van der Waals surface area contributed by atoms with Crippen molar-refractivity contribution < 1.29 is 9.28 Å². The third kappa shape index (κ3) is 10.4. The van der Waals surface area contributed by atoms with Crippen LogP contribution in [0.3, 0.4) is 0 Å². The summed E-state index contributed by atoms with van der Waals surface area (Å²) in [5.74, 6) is 0.0577. The van der Waals surface area contributed by atoms with Gasteiger partial charge in [-0.2, -0.15) is 0 Å². The third-order valence-corrected chi connectivity index (χ3v) is 6.15. The van der Waals surface area contributed by atoms with Crippen molar-refractivity contribution in [2.75, 3.05) is 26.2 Å². The molecule has 0 spiro atoms. The van der Waals surface area contributed by atoms with E-state index in [1.807, 2.05) is 0 Å². The molecule has 2 atom stereocenters. The Hall–Kier alpha value is -1.16. The molecule has 1 aliphatic rings. The Bertz CT molecular complexity index is 461. The fourth-order valence-corrected chi connectivity index (χ4v) is 4.16. The number of rotatable bonds is 17. The van der Waals surface area contributed by atoms with Gasteiger partial charge in [0.05, 0.1) is 25.8 Å². The first-order valence-electron chi connectivity index (χ1n) is 11.9. The SMILES string of the molecule is CCCCCCCCCCCC/C=C/CC1N=CC[N+]1(CC)CCNC(C)=O. The number of carbonyl (C=O) groups is 1. The lowest BCUT2D eigenvalue weighted by atomic mass is 10.1. The fraction of sp³-hybridized carbons (Fsp3) is 0.833. The zero-order valence-electron chi connectivity index (χ0n) is 18.9. The summed E-state index contributed by atoms with van der Waals surface area (Å²) in [6.07, 6.45) is 23.3. The first kappa shape index (κ1) is 24.9. The molecular weight excluding hydrogens is 346 g/mol. The Morgan fingerprint density at radius 3 is 2.29 bits per heavy atom. The van der Waals surface area contributed by atoms with E-state index >= 15 is 0 Å². The van der Waals surface area contributed by atoms with Crippen LogP contribution in [0.5, 0.6) is 0 Å². The number of hydrogen-bond acceptors (Lipinski definition) is 2. The van der Waals surface area contributed by atoms with Gasteiger partial charge >= 0.3 is 0 Å². The van der Waals surface area contributed by atoms with Crippen molar-refractivity contribution in [1.82, 2.24) is 5.32 Å². The number of nitrogens with zero attached hydrogens (tertiary/aromatic N) is 2. The molecule has 0 aromatic heterocycles. The maximum Gasteiger partial charge on any atom is 0.217 e. The van der Waals surface area contributed by atoms with Crippen LogP contribution >= 0.6 is 0 Å². The number of allylic oxidation sites excluding steroid dienone is 1. The summed E-state index contributed by atoms with van der Waals surface area (Å²) in [6, 6.07) is 0. The molecular formula is C24H46N3O+. The van der Waals surface area contributed by atoms with Gasteiger partial charge < -0.3 is 5.32 Å². The van der Waals surface area contributed by atoms with E-state index in [0.29, 0.717) is 6.17 Å². The summed E-state index contributed by atoms with van der Waals surface area (Å²) in [4.78, 5) is 15.9. The predicted octanol–water partition coefficient (Wildman–Crippen LogP) is 5.63. The van der Waals surface area contributed by atoms with Crippen LogP contribution in [0, 0.1) is 0 Å². The molecule has 1 rings (SSSR count). The van der Waals surface area contributed by atoms with Crippen molar-refractivity contribution in [3.8, 4) is 0 Å². The molecule has 4 nitrogen and oxygen atoms in total. The number of amides is 1. The van der Waals surface area contributed by atoms with Crippen LogP contribution in [-0.4, -0.2) is 48.9 Å². The van der Waals surface area contributed by atoms with Gasteiger partial charge in [0.15, 0.2) is 6.17 Å². The van der Waals surface area contributed by atoms with Gasteiger partial charge in [-0.05, 0) is 19.8 Å². The fourth-order valence-electron chi connectivity index (χ4n) is 4.16. The minimum atomic E-state index is 0.0577. The summed E-state index contributed by atoms with van der Waals surface area (Å²) < 4.78 is 0.975. The standard InChI is InChI=1S/C24H45N3O/c1-4-6-7-8-9-10-11-12-13-14-15-16-17-18-24-26-20-22-27(24,5-2)21-19-25-23(3)28/h16-17,20,24H,4-15,18-19,21-22H2,1-3H3/p+1/b17-16+. The van der Waals surface area contributed by atoms with Crippen LogP contribution in [0.15, 0.2) is 17.1 Å². The van der Waals surface area contributed by atoms with E-state index in [1.54, 1.807) is 6.92 Å². The first-order valence-corrected chi connectivity index (χ1v) is 11.9. The molecule has 1 aliphatic heterocycles. The smallest absolute Gasteiger partial charge is 0.217 e. The van der Waals surface area contributed by atoms with Crippen molar-refractivity contribution in [2.24, 2.45) is 4.99 Å². The van der Waals surface area contributed by atoms with Crippen molar-refractivity contribution in [3.63, 3.8) is 0 Å². The lowest BCUT2D eigenvalue weighted by molar-refractivity contribution is -0.934. The molecule has 0 fully saturated rings. The molecule has 0 saturated carbocycles. The molecule has 1 amide bonds. The Labute approximate surface area is 174 Å². The monoisotopic (exact) mass is 392 g/mol. The molecule has 2 unspecified atom stereocenters. The second-order valence-electron chi connectivity index (χ2n) is 8.41. The van der Waals surface area contributed by atoms with Crippen molar-refractivity contribution >= 4 is 12.1 Å². The molecule has 0 aromatic rings. The largest absolute Gasteiger partial charge is 0.351 e. The summed E-state index contributed by atoms with van der Waals surface area (Å²) in [7, 11) is 0. The molecule has 0 aliphatic carbocycles. The molecule has 1 heterocycles. The van der Waals surface area contributed by atoms with E-state index in [1.165, 1.54) is 70.6 Å². The van der Waals surface area contributed by atoms with Crippen LogP contribution in [0.25, 0.3) is 0 Å². The van der Waals surface area contributed by atoms with Gasteiger partial charge in [0.2, 0.25) is 5.91 Å².